The van der Waals surface area contributed by atoms with E-state index in [4.69, 9.17) is 16.9 Å². The van der Waals surface area contributed by atoms with E-state index >= 15 is 0 Å². The van der Waals surface area contributed by atoms with Crippen molar-refractivity contribution in [3.05, 3.63) is 28.8 Å². The molecule has 1 aromatic carbocycles. The Morgan fingerprint density at radius 3 is 2.59 bits per heavy atom. The topological polar surface area (TPSA) is 87.5 Å². The van der Waals surface area contributed by atoms with Crippen LogP contribution in [0.1, 0.15) is 24.2 Å². The summed E-state index contributed by atoms with van der Waals surface area (Å²) in [7, 11) is -2.61. The summed E-state index contributed by atoms with van der Waals surface area (Å²) in [5.41, 5.74) is 0.167. The van der Waals surface area contributed by atoms with Gasteiger partial charge in [-0.2, -0.15) is 9.57 Å². The lowest BCUT2D eigenvalue weighted by Crippen LogP contribution is -2.34. The molecule has 0 radical (unpaired) electrons. The third kappa shape index (κ3) is 3.97. The predicted molar refractivity (Wildman–Crippen MR) is 82.0 cm³/mol. The molecule has 0 spiro atoms. The average Bonchev–Trinajstić information content (AvgIpc) is 2.50. The van der Waals surface area contributed by atoms with Crippen molar-refractivity contribution in [2.45, 2.75) is 18.7 Å². The Bertz CT molecular complexity index is 697. The van der Waals surface area contributed by atoms with Crippen LogP contribution in [0.4, 0.5) is 0 Å². The van der Waals surface area contributed by atoms with Crippen LogP contribution in [-0.2, 0) is 14.8 Å². The molecular formula is C14H17ClN2O4S. The Hall–Kier alpha value is -1.62. The van der Waals surface area contributed by atoms with Crippen molar-refractivity contribution in [1.29, 1.82) is 5.26 Å². The van der Waals surface area contributed by atoms with E-state index in [0.29, 0.717) is 0 Å². The van der Waals surface area contributed by atoms with Gasteiger partial charge in [-0.3, -0.25) is 0 Å². The number of benzene rings is 1. The van der Waals surface area contributed by atoms with Crippen molar-refractivity contribution in [3.8, 4) is 6.07 Å². The zero-order valence-electron chi connectivity index (χ0n) is 12.5. The summed E-state index contributed by atoms with van der Waals surface area (Å²) in [6.45, 7) is 3.60. The van der Waals surface area contributed by atoms with Gasteiger partial charge in [0, 0.05) is 13.1 Å². The molecule has 1 aromatic rings. The maximum atomic E-state index is 12.6. The monoisotopic (exact) mass is 344 g/mol. The van der Waals surface area contributed by atoms with Crippen LogP contribution in [0.3, 0.4) is 0 Å². The highest BCUT2D eigenvalue weighted by Crippen LogP contribution is 2.26. The fraction of sp³-hybridized carbons (Fsp3) is 0.429. The highest BCUT2D eigenvalue weighted by Gasteiger charge is 2.27. The van der Waals surface area contributed by atoms with E-state index in [-0.39, 0.29) is 28.6 Å². The molecule has 0 aliphatic heterocycles. The van der Waals surface area contributed by atoms with E-state index in [2.05, 4.69) is 4.74 Å². The normalized spacial score (nSPS) is 12.7. The van der Waals surface area contributed by atoms with Crippen molar-refractivity contribution in [2.24, 2.45) is 5.92 Å². The SMILES string of the molecule is CCN(CC(C)C#N)S(=O)(=O)c1ccc(C(=O)OC)cc1Cl. The molecule has 1 unspecified atom stereocenters. The first-order valence-corrected chi connectivity index (χ1v) is 8.37. The molecule has 0 aliphatic rings. The number of rotatable bonds is 6. The molecule has 0 saturated heterocycles. The fourth-order valence-corrected chi connectivity index (χ4v) is 3.89. The first-order valence-electron chi connectivity index (χ1n) is 6.55. The van der Waals surface area contributed by atoms with Gasteiger partial charge in [-0.25, -0.2) is 13.2 Å². The number of esters is 1. The van der Waals surface area contributed by atoms with Gasteiger partial charge in [0.1, 0.15) is 4.90 Å². The van der Waals surface area contributed by atoms with Gasteiger partial charge in [-0.1, -0.05) is 18.5 Å². The van der Waals surface area contributed by atoms with Crippen LogP contribution in [0.2, 0.25) is 5.02 Å². The van der Waals surface area contributed by atoms with Gasteiger partial charge in [0.05, 0.1) is 29.7 Å². The van der Waals surface area contributed by atoms with Crippen LogP contribution in [0.25, 0.3) is 0 Å². The van der Waals surface area contributed by atoms with E-state index in [9.17, 15) is 13.2 Å². The number of ether oxygens (including phenoxy) is 1. The van der Waals surface area contributed by atoms with Gasteiger partial charge >= 0.3 is 5.97 Å². The highest BCUT2D eigenvalue weighted by atomic mass is 35.5. The first-order chi connectivity index (χ1) is 10.3. The lowest BCUT2D eigenvalue weighted by molar-refractivity contribution is 0.0600. The van der Waals surface area contributed by atoms with Crippen molar-refractivity contribution in [2.75, 3.05) is 20.2 Å². The minimum absolute atomic E-state index is 0.0639. The van der Waals surface area contributed by atoms with E-state index in [1.165, 1.54) is 29.6 Å². The third-order valence-electron chi connectivity index (χ3n) is 3.02. The van der Waals surface area contributed by atoms with E-state index in [0.717, 1.165) is 0 Å². The summed E-state index contributed by atoms with van der Waals surface area (Å²) in [5.74, 6) is -1.04. The second kappa shape index (κ2) is 7.58. The van der Waals surface area contributed by atoms with Crippen molar-refractivity contribution in [1.82, 2.24) is 4.31 Å². The molecule has 0 amide bonds. The van der Waals surface area contributed by atoms with E-state index < -0.39 is 21.9 Å². The van der Waals surface area contributed by atoms with Crippen LogP contribution >= 0.6 is 11.6 Å². The first kappa shape index (κ1) is 18.4. The Kier molecular flexibility index (Phi) is 6.35. The third-order valence-corrected chi connectivity index (χ3v) is 5.45. The van der Waals surface area contributed by atoms with Gasteiger partial charge in [0.25, 0.3) is 0 Å². The number of methoxy groups -OCH3 is 1. The molecule has 120 valence electrons. The fourth-order valence-electron chi connectivity index (χ4n) is 1.84. The van der Waals surface area contributed by atoms with Crippen LogP contribution < -0.4 is 0 Å². The van der Waals surface area contributed by atoms with Gasteiger partial charge < -0.3 is 4.74 Å². The molecule has 1 rings (SSSR count). The molecule has 8 heteroatoms. The molecule has 0 bridgehead atoms. The number of halogens is 1. The Morgan fingerprint density at radius 2 is 2.14 bits per heavy atom. The standard InChI is InChI=1S/C14H17ClN2O4S/c1-4-17(9-10(2)8-16)22(19,20)13-6-5-11(7-12(13)15)14(18)21-3/h5-7,10H,4,9H2,1-3H3. The summed E-state index contributed by atoms with van der Waals surface area (Å²) in [5, 5.41) is 8.78. The summed E-state index contributed by atoms with van der Waals surface area (Å²) in [6, 6.07) is 5.86. The van der Waals surface area contributed by atoms with Crippen LogP contribution in [0, 0.1) is 17.2 Å². The number of nitriles is 1. The number of sulfonamides is 1. The molecule has 0 aliphatic carbocycles. The lowest BCUT2D eigenvalue weighted by Gasteiger charge is -2.22. The van der Waals surface area contributed by atoms with Crippen molar-refractivity contribution < 1.29 is 17.9 Å². The van der Waals surface area contributed by atoms with Crippen molar-refractivity contribution >= 4 is 27.6 Å². The van der Waals surface area contributed by atoms with Gasteiger partial charge in [-0.05, 0) is 25.1 Å². The minimum atomic E-state index is -3.84. The zero-order valence-corrected chi connectivity index (χ0v) is 14.1. The summed E-state index contributed by atoms with van der Waals surface area (Å²) < 4.78 is 30.9. The summed E-state index contributed by atoms with van der Waals surface area (Å²) in [4.78, 5) is 11.3. The number of hydrogen-bond acceptors (Lipinski definition) is 5. The average molecular weight is 345 g/mol. The second-order valence-electron chi connectivity index (χ2n) is 4.62. The Labute approximate surface area is 135 Å². The second-order valence-corrected chi connectivity index (χ2v) is 6.94. The molecule has 6 nitrogen and oxygen atoms in total. The molecule has 0 aromatic heterocycles. The highest BCUT2D eigenvalue weighted by molar-refractivity contribution is 7.89. The van der Waals surface area contributed by atoms with Crippen LogP contribution in [0.15, 0.2) is 23.1 Å². The number of carbonyl (C=O) groups excluding carboxylic acids is 1. The lowest BCUT2D eigenvalue weighted by atomic mass is 10.2. The van der Waals surface area contributed by atoms with E-state index in [1.54, 1.807) is 13.8 Å². The van der Waals surface area contributed by atoms with Crippen LogP contribution in [0.5, 0.6) is 0 Å². The smallest absolute Gasteiger partial charge is 0.337 e. The van der Waals surface area contributed by atoms with Crippen molar-refractivity contribution in [3.63, 3.8) is 0 Å². The summed E-state index contributed by atoms with van der Waals surface area (Å²) >= 11 is 6.01. The number of nitrogens with zero attached hydrogens (tertiary/aromatic N) is 2. The summed E-state index contributed by atoms with van der Waals surface area (Å²) in [6.07, 6.45) is 0. The largest absolute Gasteiger partial charge is 0.465 e. The Balaban J connectivity index is 3.22. The molecular weight excluding hydrogens is 328 g/mol. The molecule has 0 N–H and O–H groups in total. The van der Waals surface area contributed by atoms with Crippen LogP contribution in [-0.4, -0.2) is 38.9 Å². The maximum Gasteiger partial charge on any atom is 0.337 e. The quantitative estimate of drug-likeness (QED) is 0.739. The Morgan fingerprint density at radius 1 is 1.50 bits per heavy atom. The van der Waals surface area contributed by atoms with Gasteiger partial charge in [0.15, 0.2) is 0 Å². The molecule has 0 heterocycles. The maximum absolute atomic E-state index is 12.6. The number of carbonyl (C=O) groups is 1. The van der Waals surface area contributed by atoms with Gasteiger partial charge in [0.2, 0.25) is 10.0 Å². The molecule has 22 heavy (non-hydrogen) atoms. The predicted octanol–water partition coefficient (Wildman–Crippen LogP) is 2.30. The molecule has 0 fully saturated rings. The van der Waals surface area contributed by atoms with E-state index in [1.807, 2.05) is 6.07 Å². The molecule has 0 saturated carbocycles. The minimum Gasteiger partial charge on any atom is -0.465 e. The molecule has 1 atom stereocenters. The zero-order chi connectivity index (χ0) is 16.9. The van der Waals surface area contributed by atoms with Gasteiger partial charge in [-0.15, -0.1) is 0 Å². The number of hydrogen-bond donors (Lipinski definition) is 0.